The molecule has 1 aliphatic heterocycles. The topological polar surface area (TPSA) is 26.3 Å². The zero-order chi connectivity index (χ0) is 13.1. The summed E-state index contributed by atoms with van der Waals surface area (Å²) >= 11 is 0. The maximum atomic E-state index is 11.3. The van der Waals surface area contributed by atoms with Crippen LogP contribution in [-0.2, 0) is 10.8 Å². The van der Waals surface area contributed by atoms with E-state index in [4.69, 9.17) is 4.74 Å². The van der Waals surface area contributed by atoms with Crippen LogP contribution in [0.4, 0.5) is 0 Å². The Morgan fingerprint density at radius 3 is 2.84 bits per heavy atom. The molecule has 0 N–H and O–H groups in total. The van der Waals surface area contributed by atoms with Crippen LogP contribution in [0.15, 0.2) is 42.5 Å². The van der Waals surface area contributed by atoms with Crippen LogP contribution < -0.4 is 4.74 Å². The van der Waals surface area contributed by atoms with E-state index in [-0.39, 0.29) is 0 Å². The lowest BCUT2D eigenvalue weighted by atomic mass is 10.1. The minimum absolute atomic E-state index is 0.579. The van der Waals surface area contributed by atoms with Crippen LogP contribution in [0, 0.1) is 5.92 Å². The highest BCUT2D eigenvalue weighted by Gasteiger charge is 2.20. The second-order valence-corrected chi connectivity index (χ2v) is 6.70. The number of hydrogen-bond acceptors (Lipinski definition) is 2. The average molecular weight is 274 g/mol. The van der Waals surface area contributed by atoms with Crippen LogP contribution in [-0.4, -0.2) is 22.3 Å². The van der Waals surface area contributed by atoms with Gasteiger partial charge in [0, 0.05) is 27.7 Å². The Morgan fingerprint density at radius 2 is 2.00 bits per heavy atom. The number of fused-ring (bicyclic) bond motifs is 1. The van der Waals surface area contributed by atoms with Crippen LogP contribution in [0.2, 0.25) is 0 Å². The van der Waals surface area contributed by atoms with Gasteiger partial charge in [-0.2, -0.15) is 0 Å². The van der Waals surface area contributed by atoms with Crippen molar-refractivity contribution in [2.75, 3.05) is 18.1 Å². The molecule has 0 amide bonds. The third-order valence-electron chi connectivity index (χ3n) is 3.71. The summed E-state index contributed by atoms with van der Waals surface area (Å²) in [4.78, 5) is 0. The van der Waals surface area contributed by atoms with Gasteiger partial charge in [0.15, 0.2) is 0 Å². The van der Waals surface area contributed by atoms with E-state index in [1.165, 1.54) is 10.8 Å². The molecule has 2 atom stereocenters. The van der Waals surface area contributed by atoms with E-state index in [0.29, 0.717) is 5.92 Å². The summed E-state index contributed by atoms with van der Waals surface area (Å²) in [6.45, 7) is 0.718. The van der Waals surface area contributed by atoms with Gasteiger partial charge in [0.05, 0.1) is 6.61 Å². The van der Waals surface area contributed by atoms with Crippen LogP contribution in [0.3, 0.4) is 0 Å². The van der Waals surface area contributed by atoms with Gasteiger partial charge in [0.25, 0.3) is 0 Å². The van der Waals surface area contributed by atoms with Gasteiger partial charge in [-0.3, -0.25) is 4.21 Å². The Bertz CT molecular complexity index is 589. The normalized spacial score (nSPS) is 22.7. The second-order valence-electron chi connectivity index (χ2n) is 5.08. The molecule has 2 unspecified atom stereocenters. The van der Waals surface area contributed by atoms with E-state index in [1.54, 1.807) is 0 Å². The van der Waals surface area contributed by atoms with Crippen molar-refractivity contribution in [3.8, 4) is 5.75 Å². The van der Waals surface area contributed by atoms with Crippen LogP contribution in [0.1, 0.15) is 12.8 Å². The first-order chi connectivity index (χ1) is 9.33. The molecule has 2 aromatic rings. The lowest BCUT2D eigenvalue weighted by Gasteiger charge is -2.11. The van der Waals surface area contributed by atoms with Gasteiger partial charge in [0.1, 0.15) is 5.75 Å². The summed E-state index contributed by atoms with van der Waals surface area (Å²) in [6, 6.07) is 14.4. The molecule has 19 heavy (non-hydrogen) atoms. The van der Waals surface area contributed by atoms with E-state index < -0.39 is 10.8 Å². The Labute approximate surface area is 116 Å². The van der Waals surface area contributed by atoms with Crippen molar-refractivity contribution < 1.29 is 8.95 Å². The summed E-state index contributed by atoms with van der Waals surface area (Å²) in [5.41, 5.74) is 0. The smallest absolute Gasteiger partial charge is 0.127 e. The Balaban J connectivity index is 1.64. The summed E-state index contributed by atoms with van der Waals surface area (Å²) in [5, 5.41) is 2.38. The van der Waals surface area contributed by atoms with Crippen molar-refractivity contribution in [2.24, 2.45) is 5.92 Å². The zero-order valence-electron chi connectivity index (χ0n) is 10.9. The van der Waals surface area contributed by atoms with Crippen LogP contribution in [0.25, 0.3) is 10.8 Å². The lowest BCUT2D eigenvalue weighted by Crippen LogP contribution is -2.07. The Hall–Kier alpha value is -1.35. The van der Waals surface area contributed by atoms with E-state index in [2.05, 4.69) is 18.2 Å². The van der Waals surface area contributed by atoms with Gasteiger partial charge in [0.2, 0.25) is 0 Å². The van der Waals surface area contributed by atoms with E-state index in [0.717, 1.165) is 36.7 Å². The fraction of sp³-hybridized carbons (Fsp3) is 0.375. The fourth-order valence-electron chi connectivity index (χ4n) is 2.61. The number of benzene rings is 2. The summed E-state index contributed by atoms with van der Waals surface area (Å²) < 4.78 is 17.2. The highest BCUT2D eigenvalue weighted by molar-refractivity contribution is 7.85. The molecular weight excluding hydrogens is 256 g/mol. The van der Waals surface area contributed by atoms with Gasteiger partial charge >= 0.3 is 0 Å². The molecule has 0 radical (unpaired) electrons. The standard InChI is InChI=1S/C16H18O2S/c17-19-11-9-13(12-19)8-10-18-16-7-3-5-14-4-1-2-6-15(14)16/h1-7,13H,8-12H2. The molecule has 0 aliphatic carbocycles. The number of hydrogen-bond donors (Lipinski definition) is 0. The number of rotatable bonds is 4. The maximum absolute atomic E-state index is 11.3. The van der Waals surface area contributed by atoms with Crippen molar-refractivity contribution in [3.63, 3.8) is 0 Å². The van der Waals surface area contributed by atoms with E-state index >= 15 is 0 Å². The van der Waals surface area contributed by atoms with Gasteiger partial charge < -0.3 is 4.74 Å². The third-order valence-corrected chi connectivity index (χ3v) is 5.24. The summed E-state index contributed by atoms with van der Waals surface area (Å²) in [6.07, 6.45) is 2.10. The molecule has 0 aromatic heterocycles. The van der Waals surface area contributed by atoms with Crippen molar-refractivity contribution in [1.29, 1.82) is 0 Å². The predicted molar refractivity (Wildman–Crippen MR) is 80.0 cm³/mol. The summed E-state index contributed by atoms with van der Waals surface area (Å²) in [5.74, 6) is 3.27. The molecule has 1 aliphatic rings. The highest BCUT2D eigenvalue weighted by atomic mass is 32.2. The maximum Gasteiger partial charge on any atom is 0.127 e. The molecule has 3 rings (SSSR count). The minimum atomic E-state index is -0.579. The molecule has 0 spiro atoms. The molecule has 1 saturated heterocycles. The molecule has 2 aromatic carbocycles. The summed E-state index contributed by atoms with van der Waals surface area (Å²) in [7, 11) is -0.579. The first kappa shape index (κ1) is 12.7. The average Bonchev–Trinajstić information content (AvgIpc) is 2.85. The SMILES string of the molecule is O=S1CCC(CCOc2cccc3ccccc23)C1. The number of ether oxygens (including phenoxy) is 1. The Kier molecular flexibility index (Phi) is 3.83. The molecule has 1 fully saturated rings. The molecule has 3 heteroatoms. The van der Waals surface area contributed by atoms with Gasteiger partial charge in [-0.25, -0.2) is 0 Å². The molecule has 1 heterocycles. The molecule has 2 nitrogen and oxygen atoms in total. The van der Waals surface area contributed by atoms with E-state index in [1.807, 2.05) is 24.3 Å². The van der Waals surface area contributed by atoms with Crippen LogP contribution in [0.5, 0.6) is 5.75 Å². The first-order valence-corrected chi connectivity index (χ1v) is 8.27. The largest absolute Gasteiger partial charge is 0.493 e. The molecule has 0 saturated carbocycles. The van der Waals surface area contributed by atoms with Gasteiger partial charge in [-0.05, 0) is 30.2 Å². The first-order valence-electron chi connectivity index (χ1n) is 6.78. The lowest BCUT2D eigenvalue weighted by molar-refractivity contribution is 0.288. The Morgan fingerprint density at radius 1 is 1.16 bits per heavy atom. The monoisotopic (exact) mass is 274 g/mol. The molecule has 0 bridgehead atoms. The van der Waals surface area contributed by atoms with Crippen molar-refractivity contribution in [3.05, 3.63) is 42.5 Å². The van der Waals surface area contributed by atoms with Crippen molar-refractivity contribution in [2.45, 2.75) is 12.8 Å². The zero-order valence-corrected chi connectivity index (χ0v) is 11.7. The molecule has 100 valence electrons. The predicted octanol–water partition coefficient (Wildman–Crippen LogP) is 3.38. The quantitative estimate of drug-likeness (QED) is 0.854. The van der Waals surface area contributed by atoms with Gasteiger partial charge in [-0.1, -0.05) is 36.4 Å². The van der Waals surface area contributed by atoms with Crippen LogP contribution >= 0.6 is 0 Å². The second kappa shape index (κ2) is 5.74. The van der Waals surface area contributed by atoms with Crippen molar-refractivity contribution >= 4 is 21.6 Å². The highest BCUT2D eigenvalue weighted by Crippen LogP contribution is 2.26. The van der Waals surface area contributed by atoms with Gasteiger partial charge in [-0.15, -0.1) is 0 Å². The van der Waals surface area contributed by atoms with E-state index in [9.17, 15) is 4.21 Å². The third kappa shape index (κ3) is 2.98. The van der Waals surface area contributed by atoms with Crippen molar-refractivity contribution in [1.82, 2.24) is 0 Å². The fourth-order valence-corrected chi connectivity index (χ4v) is 4.23. The molecular formula is C16H18O2S. The minimum Gasteiger partial charge on any atom is -0.493 e.